The highest BCUT2D eigenvalue weighted by Crippen LogP contribution is 2.32. The summed E-state index contributed by atoms with van der Waals surface area (Å²) in [6.07, 6.45) is 0. The minimum absolute atomic E-state index is 1.04. The van der Waals surface area contributed by atoms with Gasteiger partial charge in [-0.15, -0.1) is 0 Å². The lowest BCUT2D eigenvalue weighted by atomic mass is 10.0. The van der Waals surface area contributed by atoms with Gasteiger partial charge in [0, 0.05) is 23.5 Å². The van der Waals surface area contributed by atoms with Gasteiger partial charge >= 0.3 is 0 Å². The molecule has 1 heteroatoms. The molecule has 0 aliphatic rings. The van der Waals surface area contributed by atoms with E-state index in [1.54, 1.807) is 0 Å². The van der Waals surface area contributed by atoms with Crippen molar-refractivity contribution in [3.05, 3.63) is 95.6 Å². The van der Waals surface area contributed by atoms with Crippen LogP contribution in [0, 0.1) is 18.8 Å². The third kappa shape index (κ3) is 2.84. The standard InChI is InChI=1S/C24H19N/c1-18-12-14-19(15-13-18)16-17-22-21-10-6-7-11-23(21)25(2)24(22)20-8-4-3-5-9-20/h3-15H,1-2H3. The van der Waals surface area contributed by atoms with Crippen molar-refractivity contribution in [1.82, 2.24) is 4.57 Å². The zero-order valence-electron chi connectivity index (χ0n) is 14.5. The monoisotopic (exact) mass is 321 g/mol. The van der Waals surface area contributed by atoms with Crippen LogP contribution in [0.4, 0.5) is 0 Å². The molecule has 0 spiro atoms. The first kappa shape index (κ1) is 15.3. The maximum absolute atomic E-state index is 3.44. The normalized spacial score (nSPS) is 10.5. The highest BCUT2D eigenvalue weighted by molar-refractivity contribution is 5.95. The number of rotatable bonds is 1. The number of hydrogen-bond donors (Lipinski definition) is 0. The number of nitrogens with zero attached hydrogens (tertiary/aromatic N) is 1. The van der Waals surface area contributed by atoms with E-state index in [0.29, 0.717) is 0 Å². The summed E-state index contributed by atoms with van der Waals surface area (Å²) in [5.41, 5.74) is 6.94. The molecular weight excluding hydrogens is 302 g/mol. The van der Waals surface area contributed by atoms with Gasteiger partial charge in [0.15, 0.2) is 0 Å². The number of benzene rings is 3. The molecule has 1 heterocycles. The van der Waals surface area contributed by atoms with Crippen LogP contribution >= 0.6 is 0 Å². The predicted octanol–water partition coefficient (Wildman–Crippen LogP) is 5.55. The first-order chi connectivity index (χ1) is 12.2. The van der Waals surface area contributed by atoms with E-state index < -0.39 is 0 Å². The number of para-hydroxylation sites is 1. The van der Waals surface area contributed by atoms with Gasteiger partial charge in [0.25, 0.3) is 0 Å². The van der Waals surface area contributed by atoms with Crippen molar-refractivity contribution in [1.29, 1.82) is 0 Å². The van der Waals surface area contributed by atoms with E-state index in [9.17, 15) is 0 Å². The van der Waals surface area contributed by atoms with Crippen molar-refractivity contribution in [3.63, 3.8) is 0 Å². The Bertz CT molecular complexity index is 1090. The first-order valence-electron chi connectivity index (χ1n) is 8.45. The Hall–Kier alpha value is -3.24. The summed E-state index contributed by atoms with van der Waals surface area (Å²) < 4.78 is 2.24. The highest BCUT2D eigenvalue weighted by atomic mass is 14.9. The van der Waals surface area contributed by atoms with E-state index in [1.807, 2.05) is 6.07 Å². The average Bonchev–Trinajstić information content (AvgIpc) is 2.94. The summed E-state index contributed by atoms with van der Waals surface area (Å²) >= 11 is 0. The molecule has 0 amide bonds. The van der Waals surface area contributed by atoms with Crippen LogP contribution in [-0.4, -0.2) is 4.57 Å². The minimum Gasteiger partial charge on any atom is -0.343 e. The molecule has 0 atom stereocenters. The SMILES string of the molecule is Cc1ccc(C#Cc2c(-c3ccccc3)n(C)c3ccccc23)cc1. The zero-order chi connectivity index (χ0) is 17.2. The fourth-order valence-corrected chi connectivity index (χ4v) is 3.23. The molecule has 120 valence electrons. The average molecular weight is 321 g/mol. The Labute approximate surface area is 148 Å². The first-order valence-corrected chi connectivity index (χ1v) is 8.45. The molecule has 0 saturated heterocycles. The van der Waals surface area contributed by atoms with E-state index in [0.717, 1.165) is 11.1 Å². The zero-order valence-corrected chi connectivity index (χ0v) is 14.5. The van der Waals surface area contributed by atoms with Gasteiger partial charge < -0.3 is 4.57 Å². The van der Waals surface area contributed by atoms with Crippen LogP contribution in [-0.2, 0) is 7.05 Å². The van der Waals surface area contributed by atoms with Gasteiger partial charge in [0.2, 0.25) is 0 Å². The maximum Gasteiger partial charge on any atom is 0.0648 e. The second-order valence-corrected chi connectivity index (χ2v) is 6.28. The molecule has 0 N–H and O–H groups in total. The van der Waals surface area contributed by atoms with Gasteiger partial charge in [0.1, 0.15) is 0 Å². The summed E-state index contributed by atoms with van der Waals surface area (Å²) in [7, 11) is 2.11. The van der Waals surface area contributed by atoms with Gasteiger partial charge in [-0.1, -0.05) is 78.1 Å². The van der Waals surface area contributed by atoms with E-state index in [1.165, 1.54) is 27.7 Å². The van der Waals surface area contributed by atoms with Crippen LogP contribution in [0.3, 0.4) is 0 Å². The van der Waals surface area contributed by atoms with Crippen molar-refractivity contribution >= 4 is 10.9 Å². The van der Waals surface area contributed by atoms with Gasteiger partial charge in [-0.25, -0.2) is 0 Å². The quantitative estimate of drug-likeness (QED) is 0.405. The van der Waals surface area contributed by atoms with E-state index in [-0.39, 0.29) is 0 Å². The van der Waals surface area contributed by atoms with Crippen molar-refractivity contribution in [3.8, 4) is 23.1 Å². The predicted molar refractivity (Wildman–Crippen MR) is 106 cm³/mol. The molecule has 1 aromatic heterocycles. The van der Waals surface area contributed by atoms with Crippen LogP contribution in [0.1, 0.15) is 16.7 Å². The molecule has 25 heavy (non-hydrogen) atoms. The fraction of sp³-hybridized carbons (Fsp3) is 0.0833. The molecule has 4 aromatic rings. The molecule has 4 rings (SSSR count). The number of hydrogen-bond acceptors (Lipinski definition) is 0. The van der Waals surface area contributed by atoms with Crippen LogP contribution < -0.4 is 0 Å². The van der Waals surface area contributed by atoms with Crippen LogP contribution in [0.25, 0.3) is 22.2 Å². The van der Waals surface area contributed by atoms with Crippen molar-refractivity contribution in [2.75, 3.05) is 0 Å². The fourth-order valence-electron chi connectivity index (χ4n) is 3.23. The number of aromatic nitrogens is 1. The Balaban J connectivity index is 1.95. The van der Waals surface area contributed by atoms with Crippen molar-refractivity contribution in [2.24, 2.45) is 7.05 Å². The lowest BCUT2D eigenvalue weighted by Crippen LogP contribution is -1.92. The highest BCUT2D eigenvalue weighted by Gasteiger charge is 2.14. The molecule has 3 aromatic carbocycles. The van der Waals surface area contributed by atoms with E-state index >= 15 is 0 Å². The van der Waals surface area contributed by atoms with Crippen molar-refractivity contribution in [2.45, 2.75) is 6.92 Å². The van der Waals surface area contributed by atoms with Gasteiger partial charge in [-0.05, 0) is 30.7 Å². The summed E-state index contributed by atoms with van der Waals surface area (Å²) in [5, 5.41) is 1.20. The molecule has 1 nitrogen and oxygen atoms in total. The summed E-state index contributed by atoms with van der Waals surface area (Å²) in [6, 6.07) is 27.3. The second-order valence-electron chi connectivity index (χ2n) is 6.28. The van der Waals surface area contributed by atoms with Crippen molar-refractivity contribution < 1.29 is 0 Å². The van der Waals surface area contributed by atoms with Crippen LogP contribution in [0.2, 0.25) is 0 Å². The van der Waals surface area contributed by atoms with Crippen LogP contribution in [0.15, 0.2) is 78.9 Å². The Kier molecular flexibility index (Phi) is 3.88. The largest absolute Gasteiger partial charge is 0.343 e. The Morgan fingerprint density at radius 3 is 2.16 bits per heavy atom. The van der Waals surface area contributed by atoms with Gasteiger partial charge in [-0.2, -0.15) is 0 Å². The van der Waals surface area contributed by atoms with Gasteiger partial charge in [0.05, 0.1) is 11.3 Å². The molecule has 0 aliphatic heterocycles. The molecule has 0 unspecified atom stereocenters. The minimum atomic E-state index is 1.04. The molecular formula is C24H19N. The number of fused-ring (bicyclic) bond motifs is 1. The molecule has 0 fully saturated rings. The molecule has 0 radical (unpaired) electrons. The van der Waals surface area contributed by atoms with Gasteiger partial charge in [-0.3, -0.25) is 0 Å². The third-order valence-corrected chi connectivity index (χ3v) is 4.54. The van der Waals surface area contributed by atoms with E-state index in [2.05, 4.69) is 103 Å². The Morgan fingerprint density at radius 2 is 1.40 bits per heavy atom. The molecule has 0 bridgehead atoms. The lowest BCUT2D eigenvalue weighted by Gasteiger charge is -2.05. The summed E-state index contributed by atoms with van der Waals surface area (Å²) in [5.74, 6) is 6.78. The molecule has 0 saturated carbocycles. The summed E-state index contributed by atoms with van der Waals surface area (Å²) in [6.45, 7) is 2.09. The number of aryl methyl sites for hydroxylation is 2. The Morgan fingerprint density at radius 1 is 0.720 bits per heavy atom. The summed E-state index contributed by atoms with van der Waals surface area (Å²) in [4.78, 5) is 0. The third-order valence-electron chi connectivity index (χ3n) is 4.54. The van der Waals surface area contributed by atoms with Crippen LogP contribution in [0.5, 0.6) is 0 Å². The smallest absolute Gasteiger partial charge is 0.0648 e. The topological polar surface area (TPSA) is 4.93 Å². The molecule has 0 aliphatic carbocycles. The lowest BCUT2D eigenvalue weighted by molar-refractivity contribution is 0.977. The second kappa shape index (κ2) is 6.34. The maximum atomic E-state index is 3.44. The van der Waals surface area contributed by atoms with E-state index in [4.69, 9.17) is 0 Å².